The number of hydrogen-bond donors (Lipinski definition) is 0. The summed E-state index contributed by atoms with van der Waals surface area (Å²) in [6, 6.07) is 7.76. The zero-order valence-corrected chi connectivity index (χ0v) is 11.2. The fourth-order valence-electron chi connectivity index (χ4n) is 1.40. The van der Waals surface area contributed by atoms with E-state index in [1.807, 2.05) is 6.07 Å². The molecule has 1 aromatic carbocycles. The number of nitriles is 1. The monoisotopic (exact) mass is 272 g/mol. The van der Waals surface area contributed by atoms with Crippen molar-refractivity contribution in [3.8, 4) is 6.07 Å². The van der Waals surface area contributed by atoms with Crippen molar-refractivity contribution in [2.24, 2.45) is 0 Å². The Morgan fingerprint density at radius 1 is 1.41 bits per heavy atom. The molecule has 17 heavy (non-hydrogen) atoms. The molecule has 0 aliphatic heterocycles. The van der Waals surface area contributed by atoms with Crippen LogP contribution < -0.4 is 0 Å². The van der Waals surface area contributed by atoms with Crippen molar-refractivity contribution in [3.63, 3.8) is 0 Å². The minimum atomic E-state index is -3.71. The Kier molecular flexibility index (Phi) is 4.52. The summed E-state index contributed by atoms with van der Waals surface area (Å²) >= 11 is 5.87. The first-order chi connectivity index (χ1) is 7.91. The summed E-state index contributed by atoms with van der Waals surface area (Å²) in [6.45, 7) is 3.24. The maximum absolute atomic E-state index is 12.3. The highest BCUT2D eigenvalue weighted by Gasteiger charge is 2.28. The Labute approximate surface area is 106 Å². The van der Waals surface area contributed by atoms with Gasteiger partial charge in [0.15, 0.2) is 0 Å². The summed E-state index contributed by atoms with van der Waals surface area (Å²) < 4.78 is 25.7. The number of nitrogens with zero attached hydrogens (tertiary/aromatic N) is 2. The predicted octanol–water partition coefficient (Wildman–Crippen LogP) is 2.26. The molecular weight excluding hydrogens is 260 g/mol. The zero-order valence-electron chi connectivity index (χ0n) is 9.59. The molecule has 0 aromatic heterocycles. The average Bonchev–Trinajstić information content (AvgIpc) is 2.25. The second-order valence-electron chi connectivity index (χ2n) is 3.73. The van der Waals surface area contributed by atoms with Gasteiger partial charge in [-0.1, -0.05) is 23.7 Å². The lowest BCUT2D eigenvalue weighted by atomic mass is 10.4. The van der Waals surface area contributed by atoms with Crippen molar-refractivity contribution in [2.45, 2.75) is 24.8 Å². The number of sulfonamides is 1. The van der Waals surface area contributed by atoms with Gasteiger partial charge in [0, 0.05) is 6.04 Å². The van der Waals surface area contributed by atoms with Crippen molar-refractivity contribution in [2.75, 3.05) is 6.54 Å². The molecule has 1 aromatic rings. The van der Waals surface area contributed by atoms with Gasteiger partial charge in [0.1, 0.15) is 11.4 Å². The van der Waals surface area contributed by atoms with E-state index in [1.165, 1.54) is 12.1 Å². The third-order valence-electron chi connectivity index (χ3n) is 2.23. The molecular formula is C11H13ClN2O2S. The molecule has 0 fully saturated rings. The molecule has 0 saturated carbocycles. The topological polar surface area (TPSA) is 61.2 Å². The molecule has 6 heteroatoms. The minimum absolute atomic E-state index is 0.0330. The van der Waals surface area contributed by atoms with Gasteiger partial charge in [0.25, 0.3) is 0 Å². The first kappa shape index (κ1) is 14.0. The molecule has 0 aliphatic rings. The number of benzene rings is 1. The van der Waals surface area contributed by atoms with Crippen molar-refractivity contribution in [1.82, 2.24) is 4.31 Å². The quantitative estimate of drug-likeness (QED) is 0.790. The number of hydrogen-bond acceptors (Lipinski definition) is 3. The molecule has 0 unspecified atom stereocenters. The maximum Gasteiger partial charge on any atom is 0.245 e. The zero-order chi connectivity index (χ0) is 13.1. The van der Waals surface area contributed by atoms with Gasteiger partial charge in [0.2, 0.25) is 10.0 Å². The van der Waals surface area contributed by atoms with E-state index in [-0.39, 0.29) is 22.5 Å². The Hall–Kier alpha value is -1.09. The lowest BCUT2D eigenvalue weighted by Crippen LogP contribution is -2.37. The van der Waals surface area contributed by atoms with Gasteiger partial charge in [-0.3, -0.25) is 0 Å². The average molecular weight is 273 g/mol. The van der Waals surface area contributed by atoms with Gasteiger partial charge < -0.3 is 0 Å². The third kappa shape index (κ3) is 2.97. The van der Waals surface area contributed by atoms with E-state index in [9.17, 15) is 8.42 Å². The van der Waals surface area contributed by atoms with Crippen LogP contribution in [0, 0.1) is 11.3 Å². The van der Waals surface area contributed by atoms with Crippen LogP contribution in [-0.2, 0) is 10.0 Å². The highest BCUT2D eigenvalue weighted by molar-refractivity contribution is 7.89. The van der Waals surface area contributed by atoms with Gasteiger partial charge >= 0.3 is 0 Å². The lowest BCUT2D eigenvalue weighted by Gasteiger charge is -2.23. The predicted molar refractivity (Wildman–Crippen MR) is 66.1 cm³/mol. The summed E-state index contributed by atoms with van der Waals surface area (Å²) in [5.74, 6) is 0. The first-order valence-electron chi connectivity index (χ1n) is 5.04. The molecule has 4 nitrogen and oxygen atoms in total. The van der Waals surface area contributed by atoms with E-state index < -0.39 is 10.0 Å². The van der Waals surface area contributed by atoms with E-state index >= 15 is 0 Å². The summed E-state index contributed by atoms with van der Waals surface area (Å²) in [5.41, 5.74) is 0. The normalized spacial score (nSPS) is 11.8. The van der Waals surface area contributed by atoms with E-state index in [2.05, 4.69) is 0 Å². The molecule has 0 radical (unpaired) electrons. The van der Waals surface area contributed by atoms with Gasteiger partial charge in [-0.05, 0) is 26.0 Å². The van der Waals surface area contributed by atoms with E-state index in [0.717, 1.165) is 4.31 Å². The Balaban J connectivity index is 3.28. The molecule has 0 N–H and O–H groups in total. The maximum atomic E-state index is 12.3. The highest BCUT2D eigenvalue weighted by atomic mass is 35.5. The smallest absolute Gasteiger partial charge is 0.207 e. The summed E-state index contributed by atoms with van der Waals surface area (Å²) in [6.07, 6.45) is 0. The van der Waals surface area contributed by atoms with E-state index in [4.69, 9.17) is 16.9 Å². The highest BCUT2D eigenvalue weighted by Crippen LogP contribution is 2.25. The lowest BCUT2D eigenvalue weighted by molar-refractivity contribution is 0.385. The molecule has 0 spiro atoms. The van der Waals surface area contributed by atoms with Gasteiger partial charge in [-0.25, -0.2) is 8.42 Å². The molecule has 0 aliphatic carbocycles. The molecule has 0 atom stereocenters. The van der Waals surface area contributed by atoms with Gasteiger partial charge in [-0.2, -0.15) is 9.57 Å². The van der Waals surface area contributed by atoms with Crippen LogP contribution >= 0.6 is 11.6 Å². The fourth-order valence-corrected chi connectivity index (χ4v) is 3.42. The van der Waals surface area contributed by atoms with Crippen LogP contribution in [0.15, 0.2) is 29.2 Å². The second kappa shape index (κ2) is 5.50. The molecule has 0 heterocycles. The summed E-state index contributed by atoms with van der Waals surface area (Å²) in [4.78, 5) is 0.0330. The van der Waals surface area contributed by atoms with Crippen LogP contribution in [-0.4, -0.2) is 25.3 Å². The first-order valence-corrected chi connectivity index (χ1v) is 6.86. The van der Waals surface area contributed by atoms with Crippen LogP contribution in [0.3, 0.4) is 0 Å². The molecule has 92 valence electrons. The van der Waals surface area contributed by atoms with Crippen LogP contribution in [0.25, 0.3) is 0 Å². The van der Waals surface area contributed by atoms with Crippen LogP contribution in [0.2, 0.25) is 5.02 Å². The van der Waals surface area contributed by atoms with Crippen molar-refractivity contribution in [3.05, 3.63) is 29.3 Å². The number of halogens is 1. The molecule has 1 rings (SSSR count). The van der Waals surface area contributed by atoms with Crippen molar-refractivity contribution >= 4 is 21.6 Å². The van der Waals surface area contributed by atoms with Crippen molar-refractivity contribution < 1.29 is 8.42 Å². The van der Waals surface area contributed by atoms with E-state index in [1.54, 1.807) is 26.0 Å². The molecule has 0 amide bonds. The largest absolute Gasteiger partial charge is 0.245 e. The Morgan fingerprint density at radius 2 is 2.00 bits per heavy atom. The molecule has 0 saturated heterocycles. The van der Waals surface area contributed by atoms with Crippen LogP contribution in [0.4, 0.5) is 0 Å². The summed E-state index contributed by atoms with van der Waals surface area (Å²) in [7, 11) is -3.71. The van der Waals surface area contributed by atoms with Gasteiger partial charge in [0.05, 0.1) is 11.1 Å². The SMILES string of the molecule is CC(C)N(CC#N)S(=O)(=O)c1ccccc1Cl. The van der Waals surface area contributed by atoms with E-state index in [0.29, 0.717) is 0 Å². The molecule has 0 bridgehead atoms. The Morgan fingerprint density at radius 3 is 2.47 bits per heavy atom. The summed E-state index contributed by atoms with van der Waals surface area (Å²) in [5, 5.41) is 8.84. The van der Waals surface area contributed by atoms with Gasteiger partial charge in [-0.15, -0.1) is 0 Å². The van der Waals surface area contributed by atoms with Crippen LogP contribution in [0.1, 0.15) is 13.8 Å². The third-order valence-corrected chi connectivity index (χ3v) is 4.75. The fraction of sp³-hybridized carbons (Fsp3) is 0.364. The Bertz CT molecular complexity index is 535. The minimum Gasteiger partial charge on any atom is -0.207 e. The number of rotatable bonds is 4. The second-order valence-corrected chi connectivity index (χ2v) is 6.00. The van der Waals surface area contributed by atoms with Crippen LogP contribution in [0.5, 0.6) is 0 Å². The van der Waals surface area contributed by atoms with Crippen molar-refractivity contribution in [1.29, 1.82) is 5.26 Å². The standard InChI is InChI=1S/C11H13ClN2O2S/c1-9(2)14(8-7-13)17(15,16)11-6-4-3-5-10(11)12/h3-6,9H,8H2,1-2H3.